The van der Waals surface area contributed by atoms with Gasteiger partial charge in [0.15, 0.2) is 8.32 Å². The molecular weight excluding hydrogens is 526 g/mol. The second-order valence-corrected chi connectivity index (χ2v) is 17.2. The van der Waals surface area contributed by atoms with Gasteiger partial charge in [-0.25, -0.2) is 0 Å². The summed E-state index contributed by atoms with van der Waals surface area (Å²) >= 11 is 6.35. The summed E-state index contributed by atoms with van der Waals surface area (Å²) in [7, 11) is -2.35. The third-order valence-corrected chi connectivity index (χ3v) is 13.0. The van der Waals surface area contributed by atoms with E-state index in [1.165, 1.54) is 0 Å². The number of aromatic nitrogens is 2. The minimum Gasteiger partial charge on any atom is -0.432 e. The summed E-state index contributed by atoms with van der Waals surface area (Å²) in [6.45, 7) is 8.39. The van der Waals surface area contributed by atoms with Gasteiger partial charge in [-0.05, 0) is 55.1 Å². The fourth-order valence-corrected chi connectivity index (χ4v) is 7.58. The highest BCUT2D eigenvalue weighted by molar-refractivity contribution is 6.72. The van der Waals surface area contributed by atoms with Crippen molar-refractivity contribution in [1.82, 2.24) is 14.9 Å². The van der Waals surface area contributed by atoms with Crippen LogP contribution in [-0.2, 0) is 0 Å². The molecule has 198 valence electrons. The summed E-state index contributed by atoms with van der Waals surface area (Å²) in [5.74, 6) is -0.394. The van der Waals surface area contributed by atoms with Crippen LogP contribution in [0.4, 0.5) is 0 Å². The molecule has 6 nitrogen and oxygen atoms in total. The number of carbonyl (C=O) groups excluding carboxylic acids is 2. The molecule has 8 heteroatoms. The van der Waals surface area contributed by atoms with Crippen molar-refractivity contribution >= 4 is 75.3 Å². The van der Waals surface area contributed by atoms with Crippen LogP contribution in [-0.4, -0.2) is 34.5 Å². The van der Waals surface area contributed by atoms with Crippen molar-refractivity contribution in [3.8, 4) is 0 Å². The van der Waals surface area contributed by atoms with Gasteiger partial charge in [-0.3, -0.25) is 14.9 Å². The van der Waals surface area contributed by atoms with Crippen molar-refractivity contribution in [2.24, 2.45) is 5.92 Å². The molecule has 3 heterocycles. The zero-order valence-corrected chi connectivity index (χ0v) is 24.1. The molecule has 0 radical (unpaired) electrons. The number of nitrogens with one attached hydrogen (secondary N) is 2. The van der Waals surface area contributed by atoms with E-state index in [-0.39, 0.29) is 22.9 Å². The normalized spacial score (nSPS) is 19.7. The third kappa shape index (κ3) is 3.43. The lowest BCUT2D eigenvalue weighted by Crippen LogP contribution is -2.39. The predicted octanol–water partition coefficient (Wildman–Crippen LogP) is 7.45. The third-order valence-electron chi connectivity index (χ3n) is 9.25. The van der Waals surface area contributed by atoms with Crippen LogP contribution in [0.5, 0.6) is 0 Å². The van der Waals surface area contributed by atoms with Crippen LogP contribution in [0.25, 0.3) is 43.6 Å². The number of halogens is 1. The van der Waals surface area contributed by atoms with E-state index in [9.17, 15) is 14.4 Å². The molecule has 2 aromatic heterocycles. The number of aromatic amines is 1. The molecule has 0 saturated heterocycles. The van der Waals surface area contributed by atoms with Crippen LogP contribution in [0.3, 0.4) is 0 Å². The number of hydrogen-bond donors (Lipinski definition) is 3. The molecule has 3 aromatic carbocycles. The highest BCUT2D eigenvalue weighted by Gasteiger charge is 2.41. The Bertz CT molecular complexity index is 1920. The Kier molecular flexibility index (Phi) is 5.10. The van der Waals surface area contributed by atoms with E-state index in [2.05, 4.69) is 46.9 Å². The molecule has 2 amide bonds. The van der Waals surface area contributed by atoms with E-state index < -0.39 is 8.32 Å². The van der Waals surface area contributed by atoms with E-state index >= 15 is 0 Å². The number of amides is 2. The summed E-state index contributed by atoms with van der Waals surface area (Å²) in [5.41, 5.74) is 4.48. The zero-order chi connectivity index (χ0) is 27.4. The molecular formula is C31H30ClN3O3Si. The Hall–Kier alpha value is -3.39. The van der Waals surface area contributed by atoms with Gasteiger partial charge < -0.3 is 14.3 Å². The first-order chi connectivity index (χ1) is 18.5. The maximum atomic E-state index is 13.3. The molecule has 1 aliphatic heterocycles. The lowest BCUT2D eigenvalue weighted by Gasteiger charge is -2.37. The Balaban J connectivity index is 1.53. The molecule has 0 bridgehead atoms. The standard InChI is InChI=1S/C31H30ClN3O3Si/c1-31(2,39(3,4)38)15-16-9-11-18(13-16)35-22-8-6-5-7-20(22)24-26-25(29(36)34-30(26)37)23-19-12-10-17(32)14-21(19)33-27(23)28(24)35/h5-12,14,16,18,33,38H,13,15H2,1-4H3,(H,34,36,37)/t16-,18?/m1/s1. The van der Waals surface area contributed by atoms with Crippen molar-refractivity contribution < 1.29 is 14.4 Å². The summed E-state index contributed by atoms with van der Waals surface area (Å²) in [6.07, 6.45) is 6.37. The predicted molar refractivity (Wildman–Crippen MR) is 160 cm³/mol. The molecule has 1 aliphatic carbocycles. The molecule has 2 atom stereocenters. The largest absolute Gasteiger partial charge is 0.432 e. The Morgan fingerprint density at radius 1 is 1.03 bits per heavy atom. The van der Waals surface area contributed by atoms with Crippen molar-refractivity contribution in [3.05, 3.63) is 70.8 Å². The fourth-order valence-electron chi connectivity index (χ4n) is 6.65. The van der Waals surface area contributed by atoms with Crippen LogP contribution in [0.2, 0.25) is 23.2 Å². The van der Waals surface area contributed by atoms with Crippen LogP contribution in [0, 0.1) is 5.92 Å². The SMILES string of the molecule is CC(C)(C[C@@H]1C=CC(n2c3ccccc3c3c4c(c5c6ccc(Cl)cc6[nH]c5c32)C(=O)NC4=O)C1)[Si](C)(C)O. The monoisotopic (exact) mass is 555 g/mol. The first kappa shape index (κ1) is 24.6. The molecule has 7 rings (SSSR count). The van der Waals surface area contributed by atoms with Crippen molar-refractivity contribution in [2.75, 3.05) is 0 Å². The maximum absolute atomic E-state index is 13.3. The minimum atomic E-state index is -2.35. The molecule has 1 unspecified atom stereocenters. The molecule has 0 saturated carbocycles. The number of allylic oxidation sites excluding steroid dienone is 2. The second kappa shape index (κ2) is 8.07. The smallest absolute Gasteiger partial charge is 0.259 e. The Morgan fingerprint density at radius 3 is 2.49 bits per heavy atom. The molecule has 2 aliphatic rings. The van der Waals surface area contributed by atoms with Crippen LogP contribution >= 0.6 is 11.6 Å². The van der Waals surface area contributed by atoms with Gasteiger partial charge in [-0.1, -0.05) is 61.9 Å². The second-order valence-electron chi connectivity index (χ2n) is 12.3. The zero-order valence-electron chi connectivity index (χ0n) is 22.4. The summed E-state index contributed by atoms with van der Waals surface area (Å²) in [6, 6.07) is 13.8. The quantitative estimate of drug-likeness (QED) is 0.122. The van der Waals surface area contributed by atoms with Gasteiger partial charge in [0.2, 0.25) is 0 Å². The van der Waals surface area contributed by atoms with Crippen LogP contribution in [0.1, 0.15) is 53.4 Å². The number of imide groups is 1. The van der Waals surface area contributed by atoms with Gasteiger partial charge in [-0.2, -0.15) is 0 Å². The molecule has 0 fully saturated rings. The van der Waals surface area contributed by atoms with E-state index in [1.54, 1.807) is 0 Å². The number of rotatable bonds is 4. The summed E-state index contributed by atoms with van der Waals surface area (Å²) in [5, 5.41) is 6.41. The van der Waals surface area contributed by atoms with Gasteiger partial charge in [0.25, 0.3) is 11.8 Å². The minimum absolute atomic E-state index is 0.0630. The number of hydrogen-bond acceptors (Lipinski definition) is 3. The Labute approximate surface area is 231 Å². The van der Waals surface area contributed by atoms with E-state index in [0.29, 0.717) is 22.1 Å². The van der Waals surface area contributed by atoms with Crippen LogP contribution < -0.4 is 5.32 Å². The number of para-hydroxylation sites is 1. The van der Waals surface area contributed by atoms with Crippen molar-refractivity contribution in [1.29, 1.82) is 0 Å². The number of benzene rings is 3. The van der Waals surface area contributed by atoms with E-state index in [1.807, 2.05) is 49.5 Å². The number of fused-ring (bicyclic) bond motifs is 10. The average molecular weight is 556 g/mol. The first-order valence-corrected chi connectivity index (χ1v) is 16.7. The number of carbonyl (C=O) groups is 2. The highest BCUT2D eigenvalue weighted by atomic mass is 35.5. The van der Waals surface area contributed by atoms with E-state index in [4.69, 9.17) is 11.6 Å². The lowest BCUT2D eigenvalue weighted by atomic mass is 9.95. The van der Waals surface area contributed by atoms with Crippen molar-refractivity contribution in [3.63, 3.8) is 0 Å². The van der Waals surface area contributed by atoms with Gasteiger partial charge in [0, 0.05) is 37.6 Å². The lowest BCUT2D eigenvalue weighted by molar-refractivity contribution is 0.0880. The summed E-state index contributed by atoms with van der Waals surface area (Å²) < 4.78 is 2.34. The summed E-state index contributed by atoms with van der Waals surface area (Å²) in [4.78, 5) is 41.0. The van der Waals surface area contributed by atoms with Gasteiger partial charge in [0.05, 0.1) is 28.2 Å². The number of nitrogens with zero attached hydrogens (tertiary/aromatic N) is 1. The molecule has 5 aromatic rings. The average Bonchev–Trinajstić information content (AvgIpc) is 3.60. The van der Waals surface area contributed by atoms with Crippen molar-refractivity contribution in [2.45, 2.75) is 50.9 Å². The molecule has 39 heavy (non-hydrogen) atoms. The number of H-pyrrole nitrogens is 1. The Morgan fingerprint density at radius 2 is 1.74 bits per heavy atom. The van der Waals surface area contributed by atoms with Crippen LogP contribution in [0.15, 0.2) is 54.6 Å². The topological polar surface area (TPSA) is 87.1 Å². The van der Waals surface area contributed by atoms with Gasteiger partial charge >= 0.3 is 0 Å². The molecule has 3 N–H and O–H groups in total. The highest BCUT2D eigenvalue weighted by Crippen LogP contribution is 2.49. The van der Waals surface area contributed by atoms with Gasteiger partial charge in [-0.15, -0.1) is 0 Å². The first-order valence-electron chi connectivity index (χ1n) is 13.4. The molecule has 0 spiro atoms. The fraction of sp³-hybridized carbons (Fsp3) is 0.290. The van der Waals surface area contributed by atoms with Gasteiger partial charge in [0.1, 0.15) is 0 Å². The van der Waals surface area contributed by atoms with E-state index in [0.717, 1.165) is 56.5 Å². The maximum Gasteiger partial charge on any atom is 0.259 e.